The van der Waals surface area contributed by atoms with Crippen molar-refractivity contribution >= 4 is 29.3 Å². The van der Waals surface area contributed by atoms with Gasteiger partial charge in [0, 0.05) is 16.5 Å². The maximum Gasteiger partial charge on any atom is 0.311 e. The van der Waals surface area contributed by atoms with Gasteiger partial charge in [0.2, 0.25) is 0 Å². The summed E-state index contributed by atoms with van der Waals surface area (Å²) < 4.78 is 1.98. The first-order valence-electron chi connectivity index (χ1n) is 7.16. The first-order valence-corrected chi connectivity index (χ1v) is 8.36. The Bertz CT molecular complexity index is 683. The van der Waals surface area contributed by atoms with Gasteiger partial charge in [0.25, 0.3) is 0 Å². The summed E-state index contributed by atoms with van der Waals surface area (Å²) in [4.78, 5) is 16.6. The first-order chi connectivity index (χ1) is 10.4. The fourth-order valence-electron chi connectivity index (χ4n) is 2.22. The van der Waals surface area contributed by atoms with E-state index in [1.165, 1.54) is 0 Å². The van der Waals surface area contributed by atoms with E-state index < -0.39 is 5.97 Å². The Morgan fingerprint density at radius 1 is 1.45 bits per heavy atom. The van der Waals surface area contributed by atoms with Crippen molar-refractivity contribution < 1.29 is 9.90 Å². The summed E-state index contributed by atoms with van der Waals surface area (Å²) in [6.07, 6.45) is -0.0658. The number of imidazole rings is 1. The number of hydrogen-bond donors (Lipinski definition) is 1. The van der Waals surface area contributed by atoms with Crippen LogP contribution >= 0.6 is 23.4 Å². The number of aromatic nitrogens is 2. The molecule has 4 nitrogen and oxygen atoms in total. The molecular formula is C16H19ClN2O2S. The van der Waals surface area contributed by atoms with Crippen molar-refractivity contribution in [1.29, 1.82) is 0 Å². The highest BCUT2D eigenvalue weighted by atomic mass is 35.5. The minimum atomic E-state index is -0.866. The number of nitrogens with zero attached hydrogens (tertiary/aromatic N) is 2. The molecule has 22 heavy (non-hydrogen) atoms. The van der Waals surface area contributed by atoms with Gasteiger partial charge in [-0.25, -0.2) is 4.98 Å². The van der Waals surface area contributed by atoms with E-state index in [1.54, 1.807) is 11.8 Å². The molecule has 0 fully saturated rings. The van der Waals surface area contributed by atoms with Gasteiger partial charge in [-0.05, 0) is 31.0 Å². The number of carboxylic acids is 1. The summed E-state index contributed by atoms with van der Waals surface area (Å²) in [5.74, 6) is -0.0421. The maximum absolute atomic E-state index is 11.1. The smallest absolute Gasteiger partial charge is 0.311 e. The molecule has 0 radical (unpaired) electrons. The van der Waals surface area contributed by atoms with Crippen LogP contribution in [0.2, 0.25) is 5.02 Å². The van der Waals surface area contributed by atoms with E-state index >= 15 is 0 Å². The lowest BCUT2D eigenvalue weighted by Gasteiger charge is -2.11. The van der Waals surface area contributed by atoms with Crippen LogP contribution in [-0.4, -0.2) is 20.6 Å². The van der Waals surface area contributed by atoms with Gasteiger partial charge in [-0.1, -0.05) is 43.3 Å². The fourth-order valence-corrected chi connectivity index (χ4v) is 3.77. The van der Waals surface area contributed by atoms with Gasteiger partial charge in [-0.15, -0.1) is 0 Å². The molecule has 0 saturated carbocycles. The molecule has 1 aromatic carbocycles. The molecule has 2 rings (SSSR count). The van der Waals surface area contributed by atoms with E-state index in [0.717, 1.165) is 15.6 Å². The van der Waals surface area contributed by atoms with Gasteiger partial charge < -0.3 is 9.67 Å². The van der Waals surface area contributed by atoms with Crippen LogP contribution in [0.3, 0.4) is 0 Å². The summed E-state index contributed by atoms with van der Waals surface area (Å²) in [6.45, 7) is 6.81. The zero-order valence-corrected chi connectivity index (χ0v) is 14.4. The molecule has 1 N–H and O–H groups in total. The van der Waals surface area contributed by atoms with Crippen molar-refractivity contribution in [2.75, 3.05) is 0 Å². The third-order valence-corrected chi connectivity index (χ3v) is 4.56. The van der Waals surface area contributed by atoms with Crippen LogP contribution in [-0.2, 0) is 17.8 Å². The molecule has 1 aromatic heterocycles. The molecule has 0 unspecified atom stereocenters. The van der Waals surface area contributed by atoms with Crippen LogP contribution in [0.1, 0.15) is 38.2 Å². The second-order valence-electron chi connectivity index (χ2n) is 5.25. The molecule has 0 aliphatic rings. The average molecular weight is 339 g/mol. The average Bonchev–Trinajstić information content (AvgIpc) is 2.75. The lowest BCUT2D eigenvalue weighted by Crippen LogP contribution is -2.09. The topological polar surface area (TPSA) is 55.1 Å². The number of halogens is 1. The van der Waals surface area contributed by atoms with Crippen molar-refractivity contribution in [2.45, 2.75) is 49.6 Å². The van der Waals surface area contributed by atoms with Crippen molar-refractivity contribution in [3.8, 4) is 0 Å². The van der Waals surface area contributed by atoms with Crippen LogP contribution in [0.5, 0.6) is 0 Å². The second-order valence-corrected chi connectivity index (χ2v) is 6.75. The van der Waals surface area contributed by atoms with E-state index in [4.69, 9.17) is 16.7 Å². The van der Waals surface area contributed by atoms with Crippen LogP contribution < -0.4 is 0 Å². The molecule has 0 spiro atoms. The molecule has 0 aliphatic heterocycles. The van der Waals surface area contributed by atoms with Gasteiger partial charge in [-0.3, -0.25) is 4.79 Å². The standard InChI is InChI=1S/C16H19ClN2O2S/c1-4-19-13(9-14(20)21)18-15(10(2)3)16(19)22-12-7-5-6-11(17)8-12/h5-8,10H,4,9H2,1-3H3,(H,20,21). The molecule has 0 atom stereocenters. The summed E-state index contributed by atoms with van der Waals surface area (Å²) >= 11 is 7.63. The van der Waals surface area contributed by atoms with Crippen LogP contribution in [0.4, 0.5) is 0 Å². The van der Waals surface area contributed by atoms with Gasteiger partial charge in [0.15, 0.2) is 0 Å². The normalized spacial score (nSPS) is 11.1. The van der Waals surface area contributed by atoms with Crippen LogP contribution in [0.15, 0.2) is 34.2 Å². The number of aliphatic carboxylic acids is 1. The number of rotatable bonds is 6. The monoisotopic (exact) mass is 338 g/mol. The van der Waals surface area contributed by atoms with E-state index in [2.05, 4.69) is 18.8 Å². The van der Waals surface area contributed by atoms with Crippen LogP contribution in [0, 0.1) is 0 Å². The summed E-state index contributed by atoms with van der Waals surface area (Å²) in [5.41, 5.74) is 0.933. The van der Waals surface area contributed by atoms with Crippen molar-refractivity contribution in [1.82, 2.24) is 9.55 Å². The molecule has 6 heteroatoms. The maximum atomic E-state index is 11.1. The highest BCUT2D eigenvalue weighted by molar-refractivity contribution is 7.99. The number of carboxylic acid groups (broad SMARTS) is 1. The minimum absolute atomic E-state index is 0.0658. The minimum Gasteiger partial charge on any atom is -0.481 e. The van der Waals surface area contributed by atoms with Crippen molar-refractivity contribution in [2.24, 2.45) is 0 Å². The Labute approximate surface area is 139 Å². The Kier molecular flexibility index (Phi) is 5.53. The number of hydrogen-bond acceptors (Lipinski definition) is 3. The van der Waals surface area contributed by atoms with Gasteiger partial charge >= 0.3 is 5.97 Å². The zero-order chi connectivity index (χ0) is 16.3. The van der Waals surface area contributed by atoms with Crippen molar-refractivity contribution in [3.63, 3.8) is 0 Å². The molecule has 2 aromatic rings. The summed E-state index contributed by atoms with van der Waals surface area (Å²) in [5, 5.41) is 10.8. The van der Waals surface area contributed by atoms with E-state index in [-0.39, 0.29) is 12.3 Å². The molecular weight excluding hydrogens is 320 g/mol. The van der Waals surface area contributed by atoms with E-state index in [1.807, 2.05) is 35.8 Å². The summed E-state index contributed by atoms with van der Waals surface area (Å²) in [7, 11) is 0. The first kappa shape index (κ1) is 16.9. The SMILES string of the molecule is CCn1c(CC(=O)O)nc(C(C)C)c1Sc1cccc(Cl)c1. The zero-order valence-electron chi connectivity index (χ0n) is 12.8. The van der Waals surface area contributed by atoms with E-state index in [0.29, 0.717) is 17.4 Å². The second kappa shape index (κ2) is 7.20. The van der Waals surface area contributed by atoms with Gasteiger partial charge in [0.05, 0.1) is 5.69 Å². The molecule has 118 valence electrons. The molecule has 0 amide bonds. The van der Waals surface area contributed by atoms with Crippen LogP contribution in [0.25, 0.3) is 0 Å². The van der Waals surface area contributed by atoms with Crippen molar-refractivity contribution in [3.05, 3.63) is 40.8 Å². The Hall–Kier alpha value is -1.46. The highest BCUT2D eigenvalue weighted by Crippen LogP contribution is 2.35. The largest absolute Gasteiger partial charge is 0.481 e. The molecule has 1 heterocycles. The lowest BCUT2D eigenvalue weighted by atomic mass is 10.1. The Balaban J connectivity index is 2.47. The third kappa shape index (κ3) is 3.84. The Morgan fingerprint density at radius 2 is 2.18 bits per heavy atom. The summed E-state index contributed by atoms with van der Waals surface area (Å²) in [6, 6.07) is 7.64. The quantitative estimate of drug-likeness (QED) is 0.845. The molecule has 0 saturated heterocycles. The van der Waals surface area contributed by atoms with E-state index in [9.17, 15) is 4.79 Å². The lowest BCUT2D eigenvalue weighted by molar-refractivity contribution is -0.136. The highest BCUT2D eigenvalue weighted by Gasteiger charge is 2.21. The predicted molar refractivity (Wildman–Crippen MR) is 88.9 cm³/mol. The third-order valence-electron chi connectivity index (χ3n) is 3.21. The molecule has 0 bridgehead atoms. The van der Waals surface area contributed by atoms with Gasteiger partial charge in [-0.2, -0.15) is 0 Å². The van der Waals surface area contributed by atoms with Gasteiger partial charge in [0.1, 0.15) is 17.3 Å². The Morgan fingerprint density at radius 3 is 2.73 bits per heavy atom. The predicted octanol–water partition coefficient (Wildman–Crippen LogP) is 4.46. The molecule has 0 aliphatic carbocycles. The number of benzene rings is 1. The fraction of sp³-hybridized carbons (Fsp3) is 0.375. The number of carbonyl (C=O) groups is 1.